The lowest BCUT2D eigenvalue weighted by atomic mass is 10.1. The summed E-state index contributed by atoms with van der Waals surface area (Å²) in [5.41, 5.74) is 6.10. The van der Waals surface area contributed by atoms with Crippen molar-refractivity contribution in [3.8, 4) is 0 Å². The van der Waals surface area contributed by atoms with Crippen molar-refractivity contribution < 1.29 is 14.4 Å². The van der Waals surface area contributed by atoms with E-state index in [1.54, 1.807) is 0 Å². The minimum absolute atomic E-state index is 0.204. The molecule has 0 saturated carbocycles. The Labute approximate surface area is 91.8 Å². The molecule has 84 valence electrons. The van der Waals surface area contributed by atoms with Crippen LogP contribution in [0.4, 0.5) is 11.4 Å². The van der Waals surface area contributed by atoms with Gasteiger partial charge in [0, 0.05) is 23.9 Å². The maximum atomic E-state index is 11.0. The highest BCUT2D eigenvalue weighted by atomic mass is 16.2. The summed E-state index contributed by atoms with van der Waals surface area (Å²) in [4.78, 5) is 32.1. The topological polar surface area (TPSA) is 101 Å². The molecule has 0 saturated heterocycles. The first-order valence-electron chi connectivity index (χ1n) is 4.45. The van der Waals surface area contributed by atoms with E-state index in [4.69, 9.17) is 5.73 Å². The highest BCUT2D eigenvalue weighted by molar-refractivity contribution is 5.97. The lowest BCUT2D eigenvalue weighted by molar-refractivity contribution is -0.114. The maximum absolute atomic E-state index is 11.0. The molecular weight excluding hydrogens is 210 g/mol. The summed E-state index contributed by atoms with van der Waals surface area (Å²) in [7, 11) is 0. The summed E-state index contributed by atoms with van der Waals surface area (Å²) in [6.45, 7) is 1.34. The van der Waals surface area contributed by atoms with E-state index in [0.29, 0.717) is 17.8 Å². The molecule has 0 spiro atoms. The van der Waals surface area contributed by atoms with Crippen molar-refractivity contribution in [2.24, 2.45) is 5.73 Å². The fourth-order valence-corrected chi connectivity index (χ4v) is 1.20. The molecule has 1 rings (SSSR count). The fourth-order valence-electron chi connectivity index (χ4n) is 1.20. The average Bonchev–Trinajstić information content (AvgIpc) is 2.16. The summed E-state index contributed by atoms with van der Waals surface area (Å²) in [5, 5.41) is 4.87. The zero-order valence-corrected chi connectivity index (χ0v) is 8.61. The van der Waals surface area contributed by atoms with Crippen LogP contribution in [0.15, 0.2) is 18.2 Å². The molecule has 6 nitrogen and oxygen atoms in total. The van der Waals surface area contributed by atoms with Gasteiger partial charge in [0.25, 0.3) is 0 Å². The molecule has 1 aromatic carbocycles. The zero-order valence-electron chi connectivity index (χ0n) is 8.61. The van der Waals surface area contributed by atoms with E-state index in [-0.39, 0.29) is 11.5 Å². The Morgan fingerprint density at radius 3 is 2.38 bits per heavy atom. The normalized spacial score (nSPS) is 9.31. The van der Waals surface area contributed by atoms with Gasteiger partial charge < -0.3 is 16.4 Å². The molecule has 4 N–H and O–H groups in total. The van der Waals surface area contributed by atoms with Crippen molar-refractivity contribution in [2.75, 3.05) is 10.6 Å². The average molecular weight is 221 g/mol. The second-order valence-electron chi connectivity index (χ2n) is 3.11. The van der Waals surface area contributed by atoms with Crippen LogP contribution in [-0.4, -0.2) is 18.2 Å². The van der Waals surface area contributed by atoms with Gasteiger partial charge in [-0.25, -0.2) is 0 Å². The second-order valence-corrected chi connectivity index (χ2v) is 3.11. The maximum Gasteiger partial charge on any atom is 0.248 e. The molecule has 0 aliphatic rings. The molecule has 0 radical (unpaired) electrons. The van der Waals surface area contributed by atoms with E-state index in [1.807, 2.05) is 0 Å². The quantitative estimate of drug-likeness (QED) is 0.638. The number of primary amides is 1. The van der Waals surface area contributed by atoms with Gasteiger partial charge in [-0.2, -0.15) is 0 Å². The third-order valence-corrected chi connectivity index (χ3v) is 1.76. The second kappa shape index (κ2) is 4.92. The molecule has 0 fully saturated rings. The van der Waals surface area contributed by atoms with Crippen LogP contribution in [-0.2, 0) is 9.59 Å². The minimum Gasteiger partial charge on any atom is -0.366 e. The van der Waals surface area contributed by atoms with Crippen molar-refractivity contribution in [3.63, 3.8) is 0 Å². The van der Waals surface area contributed by atoms with E-state index in [0.717, 1.165) is 0 Å². The lowest BCUT2D eigenvalue weighted by Gasteiger charge is -2.07. The van der Waals surface area contributed by atoms with Crippen LogP contribution in [0.1, 0.15) is 17.3 Å². The molecule has 3 amide bonds. The molecule has 0 heterocycles. The number of anilines is 2. The van der Waals surface area contributed by atoms with Gasteiger partial charge in [-0.1, -0.05) is 0 Å². The van der Waals surface area contributed by atoms with Crippen LogP contribution in [0.2, 0.25) is 0 Å². The number of nitrogens with one attached hydrogen (secondary N) is 2. The van der Waals surface area contributed by atoms with Gasteiger partial charge in [-0.15, -0.1) is 0 Å². The molecule has 0 aliphatic heterocycles. The Hall–Kier alpha value is -2.37. The van der Waals surface area contributed by atoms with E-state index in [1.165, 1.54) is 25.1 Å². The number of amides is 3. The van der Waals surface area contributed by atoms with Gasteiger partial charge in [0.2, 0.25) is 18.2 Å². The highest BCUT2D eigenvalue weighted by Gasteiger charge is 2.06. The summed E-state index contributed by atoms with van der Waals surface area (Å²) in [5.74, 6) is -0.917. The molecule has 0 atom stereocenters. The Bertz CT molecular complexity index is 443. The highest BCUT2D eigenvalue weighted by Crippen LogP contribution is 2.18. The lowest BCUT2D eigenvalue weighted by Crippen LogP contribution is -2.13. The van der Waals surface area contributed by atoms with E-state index >= 15 is 0 Å². The molecule has 6 heteroatoms. The van der Waals surface area contributed by atoms with Crippen LogP contribution in [0.25, 0.3) is 0 Å². The number of nitrogens with two attached hydrogens (primary N) is 1. The molecule has 0 aromatic heterocycles. The Kier molecular flexibility index (Phi) is 3.60. The first-order chi connectivity index (χ1) is 7.52. The van der Waals surface area contributed by atoms with Crippen molar-refractivity contribution >= 4 is 29.6 Å². The van der Waals surface area contributed by atoms with Gasteiger partial charge >= 0.3 is 0 Å². The van der Waals surface area contributed by atoms with Gasteiger partial charge in [0.15, 0.2) is 0 Å². The number of hydrogen-bond donors (Lipinski definition) is 3. The number of hydrogen-bond acceptors (Lipinski definition) is 3. The van der Waals surface area contributed by atoms with Gasteiger partial charge in [0.05, 0.1) is 0 Å². The van der Waals surface area contributed by atoms with Crippen LogP contribution in [0.3, 0.4) is 0 Å². The van der Waals surface area contributed by atoms with Crippen LogP contribution in [0.5, 0.6) is 0 Å². The summed E-state index contributed by atoms with van der Waals surface area (Å²) >= 11 is 0. The largest absolute Gasteiger partial charge is 0.366 e. The van der Waals surface area contributed by atoms with Gasteiger partial charge in [-0.05, 0) is 18.2 Å². The number of carbonyl (C=O) groups is 3. The van der Waals surface area contributed by atoms with Crippen molar-refractivity contribution in [1.82, 2.24) is 0 Å². The van der Waals surface area contributed by atoms with Gasteiger partial charge in [-0.3, -0.25) is 14.4 Å². The monoisotopic (exact) mass is 221 g/mol. The van der Waals surface area contributed by atoms with Crippen LogP contribution < -0.4 is 16.4 Å². The molecule has 0 bridgehead atoms. The smallest absolute Gasteiger partial charge is 0.248 e. The summed E-state index contributed by atoms with van der Waals surface area (Å²) in [6.07, 6.45) is 0.470. The zero-order chi connectivity index (χ0) is 12.1. The predicted octanol–water partition coefficient (Wildman–Crippen LogP) is 0.312. The van der Waals surface area contributed by atoms with Crippen LogP contribution >= 0.6 is 0 Å². The third-order valence-electron chi connectivity index (χ3n) is 1.76. The number of carbonyl (C=O) groups excluding carboxylic acids is 3. The van der Waals surface area contributed by atoms with E-state index in [9.17, 15) is 14.4 Å². The Morgan fingerprint density at radius 2 is 1.88 bits per heavy atom. The molecular formula is C10H11N3O3. The molecule has 0 unspecified atom stereocenters. The fraction of sp³-hybridized carbons (Fsp3) is 0.100. The van der Waals surface area contributed by atoms with Gasteiger partial charge in [0.1, 0.15) is 0 Å². The summed E-state index contributed by atoms with van der Waals surface area (Å²) < 4.78 is 0. The number of benzene rings is 1. The minimum atomic E-state index is -0.638. The van der Waals surface area contributed by atoms with Crippen molar-refractivity contribution in [3.05, 3.63) is 23.8 Å². The molecule has 16 heavy (non-hydrogen) atoms. The number of rotatable bonds is 4. The predicted molar refractivity (Wildman–Crippen MR) is 59.0 cm³/mol. The van der Waals surface area contributed by atoms with E-state index in [2.05, 4.69) is 10.6 Å². The standard InChI is InChI=1S/C10H11N3O3/c1-6(15)13-9-3-7(10(11)16)2-8(4-9)12-5-14/h2-5H,1H3,(H2,11,16)(H,12,14)(H,13,15). The van der Waals surface area contributed by atoms with Crippen LogP contribution in [0, 0.1) is 0 Å². The third kappa shape index (κ3) is 3.09. The SMILES string of the molecule is CC(=O)Nc1cc(NC=O)cc(C(N)=O)c1. The van der Waals surface area contributed by atoms with Crippen molar-refractivity contribution in [1.29, 1.82) is 0 Å². The Balaban J connectivity index is 3.12. The molecule has 1 aromatic rings. The first kappa shape index (κ1) is 11.7. The Morgan fingerprint density at radius 1 is 1.25 bits per heavy atom. The molecule has 0 aliphatic carbocycles. The van der Waals surface area contributed by atoms with Crippen molar-refractivity contribution in [2.45, 2.75) is 6.92 Å². The first-order valence-corrected chi connectivity index (χ1v) is 4.45. The summed E-state index contributed by atoms with van der Waals surface area (Å²) in [6, 6.07) is 4.37. The van der Waals surface area contributed by atoms with E-state index < -0.39 is 5.91 Å².